The second kappa shape index (κ2) is 13.1. The zero-order valence-corrected chi connectivity index (χ0v) is 22.9. The van der Waals surface area contributed by atoms with Crippen LogP contribution in [0.25, 0.3) is 0 Å². The molecule has 1 unspecified atom stereocenters. The number of hydrogen-bond acceptors (Lipinski definition) is 4. The fourth-order valence-electron chi connectivity index (χ4n) is 3.72. The van der Waals surface area contributed by atoms with Crippen molar-refractivity contribution in [1.82, 2.24) is 10.2 Å². The lowest BCUT2D eigenvalue weighted by molar-refractivity contribution is -0.140. The van der Waals surface area contributed by atoms with Crippen LogP contribution in [0.5, 0.6) is 0 Å². The van der Waals surface area contributed by atoms with Gasteiger partial charge in [-0.3, -0.25) is 13.9 Å². The van der Waals surface area contributed by atoms with E-state index in [0.717, 1.165) is 23.4 Å². The number of carbonyl (C=O) groups is 2. The molecule has 1 N–H and O–H groups in total. The molecule has 0 spiro atoms. The molecule has 0 aliphatic heterocycles. The second-order valence-corrected chi connectivity index (χ2v) is 11.1. The van der Waals surface area contributed by atoms with Crippen LogP contribution >= 0.6 is 23.2 Å². The minimum absolute atomic E-state index is 0.0393. The Morgan fingerprint density at radius 1 is 1.03 bits per heavy atom. The molecule has 10 heteroatoms. The summed E-state index contributed by atoms with van der Waals surface area (Å²) in [6.45, 7) is 5.57. The van der Waals surface area contributed by atoms with Gasteiger partial charge in [0.05, 0.1) is 11.9 Å². The molecule has 0 fully saturated rings. The maximum absolute atomic E-state index is 13.7. The lowest BCUT2D eigenvalue weighted by Crippen LogP contribution is -2.52. The Labute approximate surface area is 218 Å². The number of sulfonamides is 1. The van der Waals surface area contributed by atoms with Gasteiger partial charge in [-0.2, -0.15) is 0 Å². The van der Waals surface area contributed by atoms with Crippen molar-refractivity contribution in [2.75, 3.05) is 23.7 Å². The van der Waals surface area contributed by atoms with Crippen molar-refractivity contribution >= 4 is 50.7 Å². The van der Waals surface area contributed by atoms with E-state index in [1.165, 1.54) is 4.90 Å². The SMILES string of the molecule is CCCCNC(=O)C(CC)N(Cc1c(Cl)cccc1Cl)C(=O)CN(c1ccccc1C)S(C)(=O)=O. The summed E-state index contributed by atoms with van der Waals surface area (Å²) in [4.78, 5) is 28.1. The van der Waals surface area contributed by atoms with Gasteiger partial charge in [-0.25, -0.2) is 8.42 Å². The number of carbonyl (C=O) groups excluding carboxylic acids is 2. The van der Waals surface area contributed by atoms with Crippen molar-refractivity contribution in [3.05, 3.63) is 63.6 Å². The highest BCUT2D eigenvalue weighted by atomic mass is 35.5. The number of para-hydroxylation sites is 1. The Morgan fingerprint density at radius 2 is 1.66 bits per heavy atom. The Hall–Kier alpha value is -2.29. The lowest BCUT2D eigenvalue weighted by atomic mass is 10.1. The molecule has 0 saturated carbocycles. The minimum Gasteiger partial charge on any atom is -0.354 e. The topological polar surface area (TPSA) is 86.8 Å². The van der Waals surface area contributed by atoms with E-state index in [2.05, 4.69) is 5.32 Å². The maximum Gasteiger partial charge on any atom is 0.244 e. The van der Waals surface area contributed by atoms with E-state index in [9.17, 15) is 18.0 Å². The second-order valence-electron chi connectivity index (χ2n) is 8.35. The molecular weight excluding hydrogens is 509 g/mol. The van der Waals surface area contributed by atoms with Crippen molar-refractivity contribution < 1.29 is 18.0 Å². The third kappa shape index (κ3) is 7.85. The summed E-state index contributed by atoms with van der Waals surface area (Å²) in [5, 5.41) is 3.59. The highest BCUT2D eigenvalue weighted by Gasteiger charge is 2.32. The zero-order valence-electron chi connectivity index (χ0n) is 20.6. The molecule has 0 aliphatic carbocycles. The first-order valence-corrected chi connectivity index (χ1v) is 14.1. The summed E-state index contributed by atoms with van der Waals surface area (Å²) in [6.07, 6.45) is 3.10. The Morgan fingerprint density at radius 3 is 2.20 bits per heavy atom. The number of nitrogens with zero attached hydrogens (tertiary/aromatic N) is 2. The first-order valence-electron chi connectivity index (χ1n) is 11.5. The van der Waals surface area contributed by atoms with Gasteiger partial charge in [-0.05, 0) is 43.5 Å². The third-order valence-corrected chi connectivity index (χ3v) is 7.50. The molecule has 192 valence electrons. The van der Waals surface area contributed by atoms with Crippen LogP contribution in [-0.2, 0) is 26.2 Å². The minimum atomic E-state index is -3.80. The lowest BCUT2D eigenvalue weighted by Gasteiger charge is -2.33. The van der Waals surface area contributed by atoms with Crippen LogP contribution in [-0.4, -0.2) is 50.5 Å². The van der Waals surface area contributed by atoms with Crippen molar-refractivity contribution in [2.45, 2.75) is 52.6 Å². The van der Waals surface area contributed by atoms with Crippen molar-refractivity contribution in [1.29, 1.82) is 0 Å². The van der Waals surface area contributed by atoms with Gasteiger partial charge in [-0.15, -0.1) is 0 Å². The number of anilines is 1. The number of halogens is 2. The molecule has 2 aromatic rings. The van der Waals surface area contributed by atoms with Crippen LogP contribution in [0.15, 0.2) is 42.5 Å². The zero-order chi connectivity index (χ0) is 26.2. The van der Waals surface area contributed by atoms with Gasteiger partial charge in [0.25, 0.3) is 0 Å². The summed E-state index contributed by atoms with van der Waals surface area (Å²) < 4.78 is 26.4. The molecule has 0 heterocycles. The Bertz CT molecular complexity index is 1120. The molecule has 7 nitrogen and oxygen atoms in total. The molecule has 2 aromatic carbocycles. The molecule has 35 heavy (non-hydrogen) atoms. The van der Waals surface area contributed by atoms with Gasteiger partial charge in [0.1, 0.15) is 12.6 Å². The number of unbranched alkanes of at least 4 members (excludes halogenated alkanes) is 1. The largest absolute Gasteiger partial charge is 0.354 e. The maximum atomic E-state index is 13.7. The predicted molar refractivity (Wildman–Crippen MR) is 142 cm³/mol. The number of aryl methyl sites for hydroxylation is 1. The molecule has 2 rings (SSSR count). The highest BCUT2D eigenvalue weighted by molar-refractivity contribution is 7.92. The molecular formula is C25H33Cl2N3O4S. The van der Waals surface area contributed by atoms with Crippen LogP contribution < -0.4 is 9.62 Å². The van der Waals surface area contributed by atoms with Gasteiger partial charge < -0.3 is 10.2 Å². The fraction of sp³-hybridized carbons (Fsp3) is 0.440. The number of hydrogen-bond donors (Lipinski definition) is 1. The van der Waals surface area contributed by atoms with Gasteiger partial charge in [-0.1, -0.05) is 67.7 Å². The molecule has 2 amide bonds. The number of benzene rings is 2. The number of rotatable bonds is 12. The number of amides is 2. The summed E-state index contributed by atoms with van der Waals surface area (Å²) in [5.41, 5.74) is 1.60. The smallest absolute Gasteiger partial charge is 0.244 e. The van der Waals surface area contributed by atoms with Gasteiger partial charge >= 0.3 is 0 Å². The van der Waals surface area contributed by atoms with E-state index in [4.69, 9.17) is 23.2 Å². The van der Waals surface area contributed by atoms with Gasteiger partial charge in [0.2, 0.25) is 21.8 Å². The van der Waals surface area contributed by atoms with E-state index >= 15 is 0 Å². The monoisotopic (exact) mass is 541 g/mol. The normalized spacial score (nSPS) is 12.2. The fourth-order valence-corrected chi connectivity index (χ4v) is 5.14. The summed E-state index contributed by atoms with van der Waals surface area (Å²) in [6, 6.07) is 11.1. The standard InChI is InChI=1S/C25H33Cl2N3O4S/c1-5-7-15-28-25(32)22(6-2)29(16-19-20(26)12-10-13-21(19)27)24(31)17-30(35(4,33)34)23-14-9-8-11-18(23)3/h8-14,22H,5-7,15-17H2,1-4H3,(H,28,32). The number of nitrogens with one attached hydrogen (secondary N) is 1. The van der Waals surface area contributed by atoms with E-state index in [0.29, 0.717) is 39.8 Å². The van der Waals surface area contributed by atoms with Crippen molar-refractivity contribution in [3.8, 4) is 0 Å². The molecule has 0 aromatic heterocycles. The average molecular weight is 543 g/mol. The third-order valence-electron chi connectivity index (χ3n) is 5.67. The summed E-state index contributed by atoms with van der Waals surface area (Å²) in [7, 11) is -3.80. The molecule has 0 radical (unpaired) electrons. The predicted octanol–water partition coefficient (Wildman–Crippen LogP) is 4.79. The average Bonchev–Trinajstić information content (AvgIpc) is 2.79. The van der Waals surface area contributed by atoms with Crippen LogP contribution in [0.4, 0.5) is 5.69 Å². The van der Waals surface area contributed by atoms with Crippen LogP contribution in [0, 0.1) is 6.92 Å². The van der Waals surface area contributed by atoms with E-state index in [1.807, 2.05) is 6.92 Å². The quantitative estimate of drug-likeness (QED) is 0.391. The summed E-state index contributed by atoms with van der Waals surface area (Å²) in [5.74, 6) is -0.841. The van der Waals surface area contributed by atoms with E-state index in [-0.39, 0.29) is 12.5 Å². The molecule has 0 saturated heterocycles. The van der Waals surface area contributed by atoms with Gasteiger partial charge in [0.15, 0.2) is 0 Å². The summed E-state index contributed by atoms with van der Waals surface area (Å²) >= 11 is 12.7. The van der Waals surface area contributed by atoms with Crippen LogP contribution in [0.3, 0.4) is 0 Å². The first-order chi connectivity index (χ1) is 16.5. The highest BCUT2D eigenvalue weighted by Crippen LogP contribution is 2.28. The molecule has 0 bridgehead atoms. The molecule has 0 aliphatic rings. The molecule has 1 atom stereocenters. The van der Waals surface area contributed by atoms with Crippen LogP contribution in [0.1, 0.15) is 44.2 Å². The van der Waals surface area contributed by atoms with Crippen molar-refractivity contribution in [2.24, 2.45) is 0 Å². The Balaban J connectivity index is 2.48. The first kappa shape index (κ1) is 28.9. The van der Waals surface area contributed by atoms with E-state index < -0.39 is 28.5 Å². The Kier molecular flexibility index (Phi) is 10.9. The van der Waals surface area contributed by atoms with Crippen LogP contribution in [0.2, 0.25) is 10.0 Å². The van der Waals surface area contributed by atoms with E-state index in [1.54, 1.807) is 56.3 Å². The van der Waals surface area contributed by atoms with Crippen molar-refractivity contribution in [3.63, 3.8) is 0 Å². The van der Waals surface area contributed by atoms with Gasteiger partial charge in [0, 0.05) is 28.7 Å².